The highest BCUT2D eigenvalue weighted by Gasteiger charge is 2.29. The van der Waals surface area contributed by atoms with Crippen LogP contribution >= 0.6 is 0 Å². The molecule has 2 aromatic rings. The van der Waals surface area contributed by atoms with E-state index in [4.69, 9.17) is 4.74 Å². The third kappa shape index (κ3) is 5.31. The number of carbonyl (C=O) groups is 2. The number of amides is 2. The molecule has 0 unspecified atom stereocenters. The topological polar surface area (TPSA) is 61.9 Å². The molecule has 1 aliphatic rings. The highest BCUT2D eigenvalue weighted by molar-refractivity contribution is 5.89. The number of ether oxygens (including phenoxy) is 1. The molecule has 1 atom stereocenters. The summed E-state index contributed by atoms with van der Waals surface area (Å²) in [5.41, 5.74) is 0.773. The molecule has 0 radical (unpaired) electrons. The minimum absolute atomic E-state index is 0.0811. The van der Waals surface area contributed by atoms with Crippen LogP contribution in [0, 0.1) is 0 Å². The Balaban J connectivity index is 1.66. The SMILES string of the molecule is CN1CCN(C(=O)[C@@H](NC(=O)COc2ccccc2)c2ccccc2)CC1. The first-order valence-corrected chi connectivity index (χ1v) is 9.13. The molecule has 1 saturated heterocycles. The van der Waals surface area contributed by atoms with Gasteiger partial charge in [0.25, 0.3) is 5.91 Å². The Hall–Kier alpha value is -2.86. The standard InChI is InChI=1S/C21H25N3O3/c1-23-12-14-24(15-13-23)21(26)20(17-8-4-2-5-9-17)22-19(25)16-27-18-10-6-3-7-11-18/h2-11,20H,12-16H2,1H3,(H,22,25)/t20-/m0/s1. The number of benzene rings is 2. The summed E-state index contributed by atoms with van der Waals surface area (Å²) in [7, 11) is 2.04. The van der Waals surface area contributed by atoms with E-state index in [1.165, 1.54) is 0 Å². The van der Waals surface area contributed by atoms with Crippen molar-refractivity contribution in [2.24, 2.45) is 0 Å². The molecule has 0 saturated carbocycles. The van der Waals surface area contributed by atoms with E-state index in [9.17, 15) is 9.59 Å². The van der Waals surface area contributed by atoms with Crippen molar-refractivity contribution in [1.29, 1.82) is 0 Å². The Morgan fingerprint density at radius 3 is 2.19 bits per heavy atom. The summed E-state index contributed by atoms with van der Waals surface area (Å²) >= 11 is 0. The molecule has 6 heteroatoms. The molecule has 0 aromatic heterocycles. The van der Waals surface area contributed by atoms with Gasteiger partial charge in [0.2, 0.25) is 5.91 Å². The van der Waals surface area contributed by atoms with Gasteiger partial charge in [0.05, 0.1) is 0 Å². The molecule has 0 spiro atoms. The van der Waals surface area contributed by atoms with Crippen LogP contribution in [0.25, 0.3) is 0 Å². The van der Waals surface area contributed by atoms with E-state index in [2.05, 4.69) is 10.2 Å². The summed E-state index contributed by atoms with van der Waals surface area (Å²) in [5, 5.41) is 2.84. The predicted molar refractivity (Wildman–Crippen MR) is 103 cm³/mol. The van der Waals surface area contributed by atoms with Crippen molar-refractivity contribution in [2.45, 2.75) is 6.04 Å². The lowest BCUT2D eigenvalue weighted by Crippen LogP contribution is -2.51. The fraction of sp³-hybridized carbons (Fsp3) is 0.333. The molecule has 0 bridgehead atoms. The maximum Gasteiger partial charge on any atom is 0.258 e. The molecule has 3 rings (SSSR count). The lowest BCUT2D eigenvalue weighted by atomic mass is 10.0. The van der Waals surface area contributed by atoms with Gasteiger partial charge in [-0.2, -0.15) is 0 Å². The molecule has 6 nitrogen and oxygen atoms in total. The van der Waals surface area contributed by atoms with Crippen LogP contribution in [0.3, 0.4) is 0 Å². The fourth-order valence-electron chi connectivity index (χ4n) is 3.01. The van der Waals surface area contributed by atoms with Gasteiger partial charge in [-0.3, -0.25) is 9.59 Å². The Labute approximate surface area is 159 Å². The van der Waals surface area contributed by atoms with Crippen molar-refractivity contribution in [3.63, 3.8) is 0 Å². The number of nitrogens with zero attached hydrogens (tertiary/aromatic N) is 2. The molecule has 27 heavy (non-hydrogen) atoms. The van der Waals surface area contributed by atoms with Crippen molar-refractivity contribution >= 4 is 11.8 Å². The summed E-state index contributed by atoms with van der Waals surface area (Å²) in [6.07, 6.45) is 0. The zero-order valence-corrected chi connectivity index (χ0v) is 15.5. The number of piperazine rings is 1. The van der Waals surface area contributed by atoms with E-state index in [0.29, 0.717) is 18.8 Å². The first kappa shape index (κ1) is 18.9. The van der Waals surface area contributed by atoms with Gasteiger partial charge in [0.1, 0.15) is 11.8 Å². The van der Waals surface area contributed by atoms with Gasteiger partial charge in [-0.15, -0.1) is 0 Å². The first-order chi connectivity index (χ1) is 13.1. The minimum atomic E-state index is -0.707. The maximum atomic E-state index is 13.1. The van der Waals surface area contributed by atoms with E-state index in [1.54, 1.807) is 12.1 Å². The molecule has 1 aliphatic heterocycles. The lowest BCUT2D eigenvalue weighted by Gasteiger charge is -2.34. The molecule has 1 heterocycles. The van der Waals surface area contributed by atoms with Crippen LogP contribution in [-0.2, 0) is 9.59 Å². The first-order valence-electron chi connectivity index (χ1n) is 9.13. The zero-order chi connectivity index (χ0) is 19.1. The highest BCUT2D eigenvalue weighted by atomic mass is 16.5. The molecule has 2 amide bonds. The van der Waals surface area contributed by atoms with Crippen molar-refractivity contribution in [3.8, 4) is 5.75 Å². The van der Waals surface area contributed by atoms with Crippen LogP contribution in [0.15, 0.2) is 60.7 Å². The van der Waals surface area contributed by atoms with Crippen molar-refractivity contribution in [3.05, 3.63) is 66.2 Å². The normalized spacial score (nSPS) is 15.8. The quantitative estimate of drug-likeness (QED) is 0.844. The second-order valence-corrected chi connectivity index (χ2v) is 6.64. The molecule has 2 aromatic carbocycles. The highest BCUT2D eigenvalue weighted by Crippen LogP contribution is 2.17. The molecule has 142 valence electrons. The minimum Gasteiger partial charge on any atom is -0.484 e. The summed E-state index contributed by atoms with van der Waals surface area (Å²) in [4.78, 5) is 29.5. The second kappa shape index (κ2) is 9.19. The van der Waals surface area contributed by atoms with Crippen LogP contribution in [0.1, 0.15) is 11.6 Å². The van der Waals surface area contributed by atoms with Crippen LogP contribution in [0.4, 0.5) is 0 Å². The number of carbonyl (C=O) groups excluding carboxylic acids is 2. The summed E-state index contributed by atoms with van der Waals surface area (Å²) in [5.74, 6) is 0.215. The second-order valence-electron chi connectivity index (χ2n) is 6.64. The van der Waals surface area contributed by atoms with E-state index in [-0.39, 0.29) is 18.4 Å². The Morgan fingerprint density at radius 1 is 0.963 bits per heavy atom. The van der Waals surface area contributed by atoms with Gasteiger partial charge in [-0.25, -0.2) is 0 Å². The summed E-state index contributed by atoms with van der Waals surface area (Å²) < 4.78 is 5.50. The number of nitrogens with one attached hydrogen (secondary N) is 1. The van der Waals surface area contributed by atoms with Gasteiger partial charge in [-0.05, 0) is 24.7 Å². The summed E-state index contributed by atoms with van der Waals surface area (Å²) in [6, 6.07) is 17.8. The van der Waals surface area contributed by atoms with Crippen molar-refractivity contribution < 1.29 is 14.3 Å². The predicted octanol–water partition coefficient (Wildman–Crippen LogP) is 1.70. The Bertz CT molecular complexity index is 744. The van der Waals surface area contributed by atoms with E-state index in [0.717, 1.165) is 18.7 Å². The van der Waals surface area contributed by atoms with Crippen LogP contribution in [0.2, 0.25) is 0 Å². The third-order valence-corrected chi connectivity index (χ3v) is 4.61. The van der Waals surface area contributed by atoms with E-state index >= 15 is 0 Å². The Morgan fingerprint density at radius 2 is 1.56 bits per heavy atom. The molecule has 0 aliphatic carbocycles. The van der Waals surface area contributed by atoms with Crippen molar-refractivity contribution in [2.75, 3.05) is 39.8 Å². The molecule has 1 fully saturated rings. The smallest absolute Gasteiger partial charge is 0.258 e. The van der Waals surface area contributed by atoms with E-state index in [1.807, 2.05) is 60.5 Å². The van der Waals surface area contributed by atoms with Gasteiger partial charge in [0.15, 0.2) is 6.61 Å². The summed E-state index contributed by atoms with van der Waals surface area (Å²) in [6.45, 7) is 2.85. The fourth-order valence-corrected chi connectivity index (χ4v) is 3.01. The number of likely N-dealkylation sites (N-methyl/N-ethyl adjacent to an activating group) is 1. The average molecular weight is 367 g/mol. The number of rotatable bonds is 6. The zero-order valence-electron chi connectivity index (χ0n) is 15.5. The number of hydrogen-bond donors (Lipinski definition) is 1. The van der Waals surface area contributed by atoms with Crippen LogP contribution in [-0.4, -0.2) is 61.4 Å². The molecular formula is C21H25N3O3. The van der Waals surface area contributed by atoms with Gasteiger partial charge >= 0.3 is 0 Å². The average Bonchev–Trinajstić information content (AvgIpc) is 2.72. The van der Waals surface area contributed by atoms with Crippen LogP contribution in [0.5, 0.6) is 5.75 Å². The lowest BCUT2D eigenvalue weighted by molar-refractivity contribution is -0.138. The van der Waals surface area contributed by atoms with Crippen molar-refractivity contribution in [1.82, 2.24) is 15.1 Å². The maximum absolute atomic E-state index is 13.1. The van der Waals surface area contributed by atoms with Gasteiger partial charge in [0, 0.05) is 26.2 Å². The van der Waals surface area contributed by atoms with E-state index < -0.39 is 6.04 Å². The molecular weight excluding hydrogens is 342 g/mol. The van der Waals surface area contributed by atoms with Crippen LogP contribution < -0.4 is 10.1 Å². The Kier molecular flexibility index (Phi) is 6.44. The monoisotopic (exact) mass is 367 g/mol. The number of para-hydroxylation sites is 1. The van der Waals surface area contributed by atoms with Gasteiger partial charge in [-0.1, -0.05) is 48.5 Å². The number of hydrogen-bond acceptors (Lipinski definition) is 4. The largest absolute Gasteiger partial charge is 0.484 e. The van der Waals surface area contributed by atoms with Gasteiger partial charge < -0.3 is 19.9 Å². The third-order valence-electron chi connectivity index (χ3n) is 4.61. The molecule has 1 N–H and O–H groups in total.